The second kappa shape index (κ2) is 8.75. The summed E-state index contributed by atoms with van der Waals surface area (Å²) in [6.45, 7) is 1.84. The molecule has 1 saturated heterocycles. The van der Waals surface area contributed by atoms with Gasteiger partial charge in [-0.2, -0.15) is 22.5 Å². The molecule has 4 atom stereocenters. The summed E-state index contributed by atoms with van der Waals surface area (Å²) < 4.78 is 86.2. The number of halogens is 6. The van der Waals surface area contributed by atoms with Gasteiger partial charge in [-0.15, -0.1) is 0 Å². The summed E-state index contributed by atoms with van der Waals surface area (Å²) in [6.07, 6.45) is -2.79. The predicted molar refractivity (Wildman–Crippen MR) is 113 cm³/mol. The first kappa shape index (κ1) is 24.0. The van der Waals surface area contributed by atoms with Crippen LogP contribution in [-0.4, -0.2) is 43.9 Å². The number of carbonyl (C=O) groups is 1. The maximum atomic E-state index is 14.8. The van der Waals surface area contributed by atoms with E-state index in [9.17, 15) is 31.1 Å². The van der Waals surface area contributed by atoms with Gasteiger partial charge < -0.3 is 9.64 Å². The zero-order valence-corrected chi connectivity index (χ0v) is 18.6. The number of nitrogens with zero attached hydrogens (tertiary/aromatic N) is 4. The van der Waals surface area contributed by atoms with Gasteiger partial charge in [0.05, 0.1) is 29.6 Å². The molecule has 6 nitrogen and oxygen atoms in total. The SMILES string of the molecule is CC1C2CC(Oc3ccc(C(F)(F)F)c(F)n3)C(C2)N1C(=O)c1cccc(F)c1-c1ncc(F)cn1. The second-order valence-corrected chi connectivity index (χ2v) is 8.78. The minimum absolute atomic E-state index is 0.00215. The van der Waals surface area contributed by atoms with Crippen LogP contribution in [-0.2, 0) is 6.18 Å². The Kier molecular flexibility index (Phi) is 5.84. The number of aromatic nitrogens is 3. The summed E-state index contributed by atoms with van der Waals surface area (Å²) in [4.78, 5) is 26.1. The number of hydrogen-bond acceptors (Lipinski definition) is 5. The van der Waals surface area contributed by atoms with Gasteiger partial charge in [0, 0.05) is 12.1 Å². The standard InChI is InChI=1S/C24H18F6N4O2/c1-11-12-7-17(18(8-12)36-19-6-5-15(21(27)33-19)24(28,29)30)34(11)23(35)14-3-2-4-16(26)20(14)22-31-9-13(25)10-32-22/h2-6,9-12,17-18H,7-8H2,1H3. The predicted octanol–water partition coefficient (Wildman–Crippen LogP) is 5.05. The maximum Gasteiger partial charge on any atom is 0.420 e. The molecule has 2 aliphatic rings. The van der Waals surface area contributed by atoms with Crippen LogP contribution in [0.15, 0.2) is 42.7 Å². The van der Waals surface area contributed by atoms with E-state index in [0.29, 0.717) is 18.9 Å². The molecule has 3 heterocycles. The van der Waals surface area contributed by atoms with E-state index in [-0.39, 0.29) is 34.8 Å². The highest BCUT2D eigenvalue weighted by atomic mass is 19.4. The number of hydrogen-bond donors (Lipinski definition) is 0. The van der Waals surface area contributed by atoms with Crippen molar-refractivity contribution in [3.8, 4) is 17.3 Å². The maximum absolute atomic E-state index is 14.8. The van der Waals surface area contributed by atoms with Gasteiger partial charge >= 0.3 is 6.18 Å². The number of alkyl halides is 3. The first-order valence-electron chi connectivity index (χ1n) is 11.0. The number of benzene rings is 1. The molecule has 1 amide bonds. The Balaban J connectivity index is 1.43. The van der Waals surface area contributed by atoms with Crippen molar-refractivity contribution in [1.29, 1.82) is 0 Å². The molecule has 1 aromatic carbocycles. The monoisotopic (exact) mass is 508 g/mol. The van der Waals surface area contributed by atoms with Gasteiger partial charge in [-0.05, 0) is 43.9 Å². The summed E-state index contributed by atoms with van der Waals surface area (Å²) >= 11 is 0. The van der Waals surface area contributed by atoms with Crippen LogP contribution in [0.3, 0.4) is 0 Å². The van der Waals surface area contributed by atoms with Crippen molar-refractivity contribution in [2.45, 2.75) is 44.1 Å². The molecule has 4 unspecified atom stereocenters. The largest absolute Gasteiger partial charge is 0.472 e. The topological polar surface area (TPSA) is 68.2 Å². The lowest BCUT2D eigenvalue weighted by Crippen LogP contribution is -2.51. The van der Waals surface area contributed by atoms with Crippen LogP contribution >= 0.6 is 0 Å². The third-order valence-electron chi connectivity index (χ3n) is 6.71. The van der Waals surface area contributed by atoms with Crippen LogP contribution in [0.4, 0.5) is 26.3 Å². The van der Waals surface area contributed by atoms with E-state index in [0.717, 1.165) is 24.5 Å². The lowest BCUT2D eigenvalue weighted by molar-refractivity contribution is -0.140. The van der Waals surface area contributed by atoms with Crippen LogP contribution in [0.2, 0.25) is 0 Å². The lowest BCUT2D eigenvalue weighted by Gasteiger charge is -2.38. The van der Waals surface area contributed by atoms with E-state index in [1.165, 1.54) is 17.0 Å². The smallest absolute Gasteiger partial charge is 0.420 e. The Morgan fingerprint density at radius 3 is 2.42 bits per heavy atom. The first-order chi connectivity index (χ1) is 17.0. The number of amides is 1. The van der Waals surface area contributed by atoms with E-state index in [4.69, 9.17) is 4.74 Å². The Bertz CT molecular complexity index is 1320. The molecular weight excluding hydrogens is 490 g/mol. The average molecular weight is 508 g/mol. The molecule has 2 bridgehead atoms. The molecular formula is C24H18F6N4O2. The minimum Gasteiger partial charge on any atom is -0.472 e. The summed E-state index contributed by atoms with van der Waals surface area (Å²) in [5, 5.41) is 0. The highest BCUT2D eigenvalue weighted by molar-refractivity contribution is 6.01. The van der Waals surface area contributed by atoms with Crippen molar-refractivity contribution in [3.63, 3.8) is 0 Å². The van der Waals surface area contributed by atoms with Gasteiger partial charge in [-0.25, -0.2) is 18.7 Å². The third-order valence-corrected chi connectivity index (χ3v) is 6.71. The quantitative estimate of drug-likeness (QED) is 0.365. The number of piperidine rings is 1. The lowest BCUT2D eigenvalue weighted by atomic mass is 9.97. The zero-order valence-electron chi connectivity index (χ0n) is 18.6. The van der Waals surface area contributed by atoms with Gasteiger partial charge in [-0.3, -0.25) is 4.79 Å². The Labute approximate surface area is 201 Å². The van der Waals surface area contributed by atoms with Crippen LogP contribution < -0.4 is 4.74 Å². The van der Waals surface area contributed by atoms with Gasteiger partial charge in [0.1, 0.15) is 17.5 Å². The fourth-order valence-corrected chi connectivity index (χ4v) is 5.05. The van der Waals surface area contributed by atoms with Gasteiger partial charge in [0.25, 0.3) is 5.91 Å². The van der Waals surface area contributed by atoms with Gasteiger partial charge in [-0.1, -0.05) is 6.07 Å². The molecule has 12 heteroatoms. The van der Waals surface area contributed by atoms with E-state index < -0.39 is 47.4 Å². The van der Waals surface area contributed by atoms with Crippen LogP contribution in [0.5, 0.6) is 5.88 Å². The Morgan fingerprint density at radius 1 is 1.06 bits per heavy atom. The number of likely N-dealkylation sites (tertiary alicyclic amines) is 1. The first-order valence-corrected chi connectivity index (χ1v) is 11.0. The fraction of sp³-hybridized carbons (Fsp3) is 0.333. The molecule has 0 spiro atoms. The van der Waals surface area contributed by atoms with Crippen molar-refractivity contribution < 1.29 is 35.9 Å². The number of carbonyl (C=O) groups excluding carboxylic acids is 1. The van der Waals surface area contributed by atoms with E-state index in [1.54, 1.807) is 0 Å². The molecule has 5 rings (SSSR count). The van der Waals surface area contributed by atoms with Crippen molar-refractivity contribution in [1.82, 2.24) is 19.9 Å². The number of ether oxygens (including phenoxy) is 1. The van der Waals surface area contributed by atoms with E-state index >= 15 is 0 Å². The van der Waals surface area contributed by atoms with Gasteiger partial charge in [0.2, 0.25) is 11.8 Å². The molecule has 1 saturated carbocycles. The Morgan fingerprint density at radius 2 is 1.78 bits per heavy atom. The average Bonchev–Trinajstić information content (AvgIpc) is 3.36. The van der Waals surface area contributed by atoms with Crippen LogP contribution in [0, 0.1) is 23.5 Å². The third kappa shape index (κ3) is 4.14. The number of rotatable bonds is 4. The summed E-state index contributed by atoms with van der Waals surface area (Å²) in [5.74, 6) is -4.20. The zero-order chi connectivity index (χ0) is 25.8. The van der Waals surface area contributed by atoms with E-state index in [2.05, 4.69) is 15.0 Å². The van der Waals surface area contributed by atoms with E-state index in [1.807, 2.05) is 6.92 Å². The van der Waals surface area contributed by atoms with Crippen molar-refractivity contribution in [2.75, 3.05) is 0 Å². The molecule has 1 aliphatic carbocycles. The molecule has 0 radical (unpaired) electrons. The van der Waals surface area contributed by atoms with Crippen molar-refractivity contribution in [2.24, 2.45) is 5.92 Å². The molecule has 3 aromatic rings. The van der Waals surface area contributed by atoms with Crippen molar-refractivity contribution in [3.05, 3.63) is 71.4 Å². The summed E-state index contributed by atoms with van der Waals surface area (Å²) in [7, 11) is 0. The number of fused-ring (bicyclic) bond motifs is 2. The van der Waals surface area contributed by atoms with Crippen LogP contribution in [0.1, 0.15) is 35.7 Å². The molecule has 2 fully saturated rings. The van der Waals surface area contributed by atoms with Gasteiger partial charge in [0.15, 0.2) is 11.6 Å². The Hall–Kier alpha value is -3.70. The summed E-state index contributed by atoms with van der Waals surface area (Å²) in [5.41, 5.74) is -1.71. The van der Waals surface area contributed by atoms with Crippen molar-refractivity contribution >= 4 is 5.91 Å². The highest BCUT2D eigenvalue weighted by Gasteiger charge is 2.53. The minimum atomic E-state index is -4.89. The summed E-state index contributed by atoms with van der Waals surface area (Å²) in [6, 6.07) is 4.64. The van der Waals surface area contributed by atoms with Crippen LogP contribution in [0.25, 0.3) is 11.4 Å². The molecule has 0 N–H and O–H groups in total. The number of pyridine rings is 1. The molecule has 1 aliphatic heterocycles. The molecule has 36 heavy (non-hydrogen) atoms. The fourth-order valence-electron chi connectivity index (χ4n) is 5.05. The highest BCUT2D eigenvalue weighted by Crippen LogP contribution is 2.45. The molecule has 2 aromatic heterocycles. The molecule has 188 valence electrons. The normalized spacial score (nSPS) is 23.2. The second-order valence-electron chi connectivity index (χ2n) is 8.78.